The quantitative estimate of drug-likeness (QED) is 0.123. The average molecular weight is 923 g/mol. The molecule has 9 rings (SSSR count). The van der Waals surface area contributed by atoms with Gasteiger partial charge in [0.1, 0.15) is 5.58 Å². The van der Waals surface area contributed by atoms with E-state index in [-0.39, 0.29) is 20.1 Å². The summed E-state index contributed by atoms with van der Waals surface area (Å²) in [5, 5.41) is 5.87. The summed E-state index contributed by atoms with van der Waals surface area (Å²) in [4.78, 5) is 9.32. The van der Waals surface area contributed by atoms with Crippen molar-refractivity contribution in [3.05, 3.63) is 169 Å². The number of aryl methyl sites for hydroxylation is 2. The molecule has 0 saturated carbocycles. The molecule has 9 aromatic rings. The first-order valence-electron chi connectivity index (χ1n) is 18.6. The molecule has 0 aliphatic carbocycles. The molecule has 0 amide bonds. The fourth-order valence-corrected chi connectivity index (χ4v) is 8.99. The number of aromatic nitrogens is 2. The standard InChI is InChI=1S/C34H22NO.C16H20NOSi.Ir/c1-22-16-27(23-8-3-2-4-9-23)18-28(17-22)25-14-15-29-30-12-7-13-31(34(30)36-33(29)20-25)32-19-24-10-5-6-11-26(24)21-35-32;1-12-9-15(17-11-16(12)19(3,4)5)13-7-6-8-14(10-13)18-2;/h2-12,14-21H,1H3;6,8-11H,1-5H3;/q2*-1;. The molecule has 3 heterocycles. The third-order valence-electron chi connectivity index (χ3n) is 10.0. The van der Waals surface area contributed by atoms with E-state index >= 15 is 0 Å². The first-order valence-corrected chi connectivity index (χ1v) is 22.1. The van der Waals surface area contributed by atoms with Crippen LogP contribution >= 0.6 is 0 Å². The van der Waals surface area contributed by atoms with Crippen molar-refractivity contribution >= 4 is 46.0 Å². The molecule has 0 spiro atoms. The molecule has 279 valence electrons. The smallest absolute Gasteiger partial charge is 0.121 e. The van der Waals surface area contributed by atoms with Crippen LogP contribution < -0.4 is 9.92 Å². The number of hydrogen-bond acceptors (Lipinski definition) is 4. The van der Waals surface area contributed by atoms with Crippen molar-refractivity contribution in [1.29, 1.82) is 0 Å². The fraction of sp³-hybridized carbons (Fsp3) is 0.120. The zero-order valence-corrected chi connectivity index (χ0v) is 35.8. The van der Waals surface area contributed by atoms with E-state index in [2.05, 4.69) is 148 Å². The summed E-state index contributed by atoms with van der Waals surface area (Å²) in [6, 6.07) is 52.6. The van der Waals surface area contributed by atoms with E-state index in [4.69, 9.17) is 14.1 Å². The number of fused-ring (bicyclic) bond motifs is 4. The molecule has 0 aliphatic rings. The molecule has 0 saturated heterocycles. The van der Waals surface area contributed by atoms with Gasteiger partial charge in [-0.15, -0.1) is 48.0 Å². The van der Waals surface area contributed by atoms with E-state index in [1.54, 1.807) is 7.11 Å². The number of nitrogens with zero attached hydrogens (tertiary/aromatic N) is 2. The van der Waals surface area contributed by atoms with Crippen LogP contribution in [0.15, 0.2) is 150 Å². The largest absolute Gasteiger partial charge is 0.516 e. The number of ether oxygens (including phenoxy) is 1. The van der Waals surface area contributed by atoms with E-state index in [1.807, 2.05) is 48.8 Å². The Morgan fingerprint density at radius 3 is 2.07 bits per heavy atom. The second-order valence-corrected chi connectivity index (χ2v) is 20.1. The molecule has 0 aliphatic heterocycles. The van der Waals surface area contributed by atoms with Gasteiger partial charge in [0.05, 0.1) is 20.8 Å². The fourth-order valence-electron chi connectivity index (χ4n) is 7.29. The van der Waals surface area contributed by atoms with Crippen molar-refractivity contribution in [3.63, 3.8) is 0 Å². The second kappa shape index (κ2) is 16.2. The Morgan fingerprint density at radius 1 is 0.607 bits per heavy atom. The number of methoxy groups -OCH3 is 1. The third kappa shape index (κ3) is 8.01. The minimum Gasteiger partial charge on any atom is -0.516 e. The molecule has 0 bridgehead atoms. The number of benzene rings is 6. The van der Waals surface area contributed by atoms with Gasteiger partial charge in [-0.25, -0.2) is 0 Å². The molecule has 1 radical (unpaired) electrons. The maximum Gasteiger partial charge on any atom is 0.121 e. The minimum absolute atomic E-state index is 0. The van der Waals surface area contributed by atoms with E-state index in [0.29, 0.717) is 0 Å². The molecule has 56 heavy (non-hydrogen) atoms. The first-order chi connectivity index (χ1) is 26.6. The van der Waals surface area contributed by atoms with E-state index in [9.17, 15) is 0 Å². The van der Waals surface area contributed by atoms with Crippen LogP contribution in [0.3, 0.4) is 0 Å². The van der Waals surface area contributed by atoms with Gasteiger partial charge in [0, 0.05) is 43.6 Å². The molecular weight excluding hydrogens is 881 g/mol. The number of rotatable bonds is 6. The minimum atomic E-state index is -1.32. The Labute approximate surface area is 343 Å². The maximum absolute atomic E-state index is 6.49. The summed E-state index contributed by atoms with van der Waals surface area (Å²) < 4.78 is 11.7. The van der Waals surface area contributed by atoms with Gasteiger partial charge in [0.15, 0.2) is 0 Å². The van der Waals surface area contributed by atoms with Crippen molar-refractivity contribution in [2.75, 3.05) is 7.11 Å². The predicted molar refractivity (Wildman–Crippen MR) is 232 cm³/mol. The van der Waals surface area contributed by atoms with Crippen LogP contribution in [0.1, 0.15) is 11.1 Å². The predicted octanol–water partition coefficient (Wildman–Crippen LogP) is 12.7. The van der Waals surface area contributed by atoms with Gasteiger partial charge in [-0.1, -0.05) is 127 Å². The summed E-state index contributed by atoms with van der Waals surface area (Å²) in [6.07, 6.45) is 3.95. The second-order valence-electron chi connectivity index (χ2n) is 15.1. The molecule has 6 heteroatoms. The zero-order valence-electron chi connectivity index (χ0n) is 32.4. The molecule has 6 aromatic carbocycles. The summed E-state index contributed by atoms with van der Waals surface area (Å²) in [7, 11) is 0.356. The van der Waals surface area contributed by atoms with Crippen LogP contribution in [0.5, 0.6) is 5.75 Å². The van der Waals surface area contributed by atoms with E-state index in [1.165, 1.54) is 33.0 Å². The zero-order chi connectivity index (χ0) is 38.1. The van der Waals surface area contributed by atoms with Gasteiger partial charge < -0.3 is 19.1 Å². The van der Waals surface area contributed by atoms with Crippen LogP contribution in [-0.2, 0) is 20.1 Å². The van der Waals surface area contributed by atoms with Crippen molar-refractivity contribution < 1.29 is 29.3 Å². The van der Waals surface area contributed by atoms with Crippen LogP contribution in [0.25, 0.3) is 77.5 Å². The van der Waals surface area contributed by atoms with Crippen molar-refractivity contribution in [3.8, 4) is 50.5 Å². The molecule has 3 aromatic heterocycles. The first kappa shape index (κ1) is 38.6. The molecule has 0 N–H and O–H groups in total. The summed E-state index contributed by atoms with van der Waals surface area (Å²) in [5.74, 6) is 0.836. The summed E-state index contributed by atoms with van der Waals surface area (Å²) >= 11 is 0. The average Bonchev–Trinajstić information content (AvgIpc) is 3.59. The SMILES string of the molecule is COc1cc[c-]c(-c2cc(C)c([Si](C)(C)C)cn2)c1.Cc1cc(-c2ccccc2)cc(-c2ccc3c(c2)oc2c(-c4cc5ccccc5cn4)[c-]ccc23)c1.[Ir]. The van der Waals surface area contributed by atoms with E-state index in [0.717, 1.165) is 66.5 Å². The topological polar surface area (TPSA) is 48.2 Å². The van der Waals surface area contributed by atoms with Crippen LogP contribution in [0.4, 0.5) is 0 Å². The van der Waals surface area contributed by atoms with Crippen LogP contribution in [-0.4, -0.2) is 25.2 Å². The molecular formula is C50H42IrN2O2Si-2. The molecule has 0 atom stereocenters. The van der Waals surface area contributed by atoms with E-state index < -0.39 is 8.07 Å². The molecule has 4 nitrogen and oxygen atoms in total. The van der Waals surface area contributed by atoms with Crippen molar-refractivity contribution in [1.82, 2.24) is 9.97 Å². The van der Waals surface area contributed by atoms with Crippen molar-refractivity contribution in [2.24, 2.45) is 0 Å². The Morgan fingerprint density at radius 2 is 1.32 bits per heavy atom. The Hall–Kier alpha value is -5.65. The number of hydrogen-bond donors (Lipinski definition) is 0. The molecule has 0 unspecified atom stereocenters. The normalized spacial score (nSPS) is 11.2. The number of pyridine rings is 2. The number of furan rings is 1. The maximum atomic E-state index is 6.49. The van der Waals surface area contributed by atoms with Gasteiger partial charge in [-0.3, -0.25) is 0 Å². The van der Waals surface area contributed by atoms with Gasteiger partial charge in [-0.2, -0.15) is 0 Å². The van der Waals surface area contributed by atoms with Crippen molar-refractivity contribution in [2.45, 2.75) is 33.5 Å². The van der Waals surface area contributed by atoms with Gasteiger partial charge in [0.2, 0.25) is 0 Å². The van der Waals surface area contributed by atoms with Gasteiger partial charge in [0.25, 0.3) is 0 Å². The van der Waals surface area contributed by atoms with Gasteiger partial charge >= 0.3 is 0 Å². The van der Waals surface area contributed by atoms with Crippen LogP contribution in [0.2, 0.25) is 19.6 Å². The van der Waals surface area contributed by atoms with Crippen LogP contribution in [0, 0.1) is 26.0 Å². The molecule has 0 fully saturated rings. The monoisotopic (exact) mass is 923 g/mol. The van der Waals surface area contributed by atoms with Gasteiger partial charge in [-0.05, 0) is 81.1 Å². The Balaban J connectivity index is 0.000000205. The summed E-state index contributed by atoms with van der Waals surface area (Å²) in [6.45, 7) is 11.3. The summed E-state index contributed by atoms with van der Waals surface area (Å²) in [5.41, 5.74) is 12.7. The Bertz CT molecular complexity index is 2820. The Kier molecular flexibility index (Phi) is 11.2. The third-order valence-corrected chi connectivity index (χ3v) is 12.2.